The second-order valence-electron chi connectivity index (χ2n) is 8.20. The molecule has 0 aromatic rings. The molecule has 2 heterocycles. The summed E-state index contributed by atoms with van der Waals surface area (Å²) in [6, 6.07) is 1.45. The Balaban J connectivity index is 1.42. The van der Waals surface area contributed by atoms with E-state index in [1.54, 1.807) is 0 Å². The van der Waals surface area contributed by atoms with Crippen LogP contribution in [-0.4, -0.2) is 77.5 Å². The summed E-state index contributed by atoms with van der Waals surface area (Å²) in [6.45, 7) is 12.6. The van der Waals surface area contributed by atoms with Gasteiger partial charge in [-0.15, -0.1) is 0 Å². The molecule has 3 aliphatic rings. The number of hydrogen-bond acceptors (Lipinski definition) is 4. The number of carbonyl (C=O) groups excluding carboxylic acids is 1. The van der Waals surface area contributed by atoms with E-state index in [1.807, 2.05) is 11.8 Å². The van der Waals surface area contributed by atoms with E-state index < -0.39 is 5.54 Å². The molecule has 5 heteroatoms. The molecule has 1 aliphatic carbocycles. The van der Waals surface area contributed by atoms with Gasteiger partial charge in [-0.25, -0.2) is 0 Å². The summed E-state index contributed by atoms with van der Waals surface area (Å²) in [4.78, 5) is 19.8. The Morgan fingerprint density at radius 1 is 1.00 bits per heavy atom. The Morgan fingerprint density at radius 2 is 1.57 bits per heavy atom. The second kappa shape index (κ2) is 6.69. The molecule has 3 atom stereocenters. The summed E-state index contributed by atoms with van der Waals surface area (Å²) >= 11 is 0. The van der Waals surface area contributed by atoms with E-state index in [2.05, 4.69) is 23.6 Å². The molecular weight excluding hydrogens is 288 g/mol. The summed E-state index contributed by atoms with van der Waals surface area (Å²) in [5.41, 5.74) is 5.66. The fraction of sp³-hybridized carbons (Fsp3) is 0.944. The lowest BCUT2D eigenvalue weighted by Crippen LogP contribution is -2.59. The summed E-state index contributed by atoms with van der Waals surface area (Å²) in [5.74, 6) is 0.576. The third kappa shape index (κ3) is 3.72. The van der Waals surface area contributed by atoms with Gasteiger partial charge in [0.2, 0.25) is 5.91 Å². The van der Waals surface area contributed by atoms with Crippen molar-refractivity contribution in [2.24, 2.45) is 11.7 Å². The van der Waals surface area contributed by atoms with Crippen molar-refractivity contribution in [3.05, 3.63) is 0 Å². The average Bonchev–Trinajstić information content (AvgIpc) is 3.34. The topological polar surface area (TPSA) is 52.8 Å². The first-order valence-electron chi connectivity index (χ1n) is 9.46. The van der Waals surface area contributed by atoms with Gasteiger partial charge in [0.1, 0.15) is 0 Å². The fourth-order valence-electron chi connectivity index (χ4n) is 4.32. The van der Waals surface area contributed by atoms with Crippen molar-refractivity contribution in [2.45, 2.75) is 64.1 Å². The number of nitrogens with two attached hydrogens (primary N) is 1. The van der Waals surface area contributed by atoms with Crippen LogP contribution in [0, 0.1) is 5.92 Å². The number of piperazine rings is 1. The zero-order valence-electron chi connectivity index (χ0n) is 15.1. The van der Waals surface area contributed by atoms with Crippen molar-refractivity contribution in [1.29, 1.82) is 0 Å². The monoisotopic (exact) mass is 322 g/mol. The summed E-state index contributed by atoms with van der Waals surface area (Å²) < 4.78 is 0. The number of likely N-dealkylation sites (tertiary alicyclic amines) is 1. The molecule has 2 N–H and O–H groups in total. The van der Waals surface area contributed by atoms with Gasteiger partial charge in [-0.3, -0.25) is 14.6 Å². The van der Waals surface area contributed by atoms with Crippen LogP contribution in [0.1, 0.15) is 46.5 Å². The number of rotatable bonds is 5. The van der Waals surface area contributed by atoms with Crippen LogP contribution in [0.5, 0.6) is 0 Å². The van der Waals surface area contributed by atoms with E-state index in [1.165, 1.54) is 12.8 Å². The third-order valence-electron chi connectivity index (χ3n) is 6.35. The zero-order valence-corrected chi connectivity index (χ0v) is 15.1. The molecule has 0 aromatic heterocycles. The quantitative estimate of drug-likeness (QED) is 0.824. The van der Waals surface area contributed by atoms with Crippen molar-refractivity contribution >= 4 is 5.91 Å². The fourth-order valence-corrected chi connectivity index (χ4v) is 4.32. The predicted molar refractivity (Wildman–Crippen MR) is 93.2 cm³/mol. The Bertz CT molecular complexity index is 417. The van der Waals surface area contributed by atoms with Crippen molar-refractivity contribution in [1.82, 2.24) is 14.7 Å². The molecule has 1 saturated carbocycles. The highest BCUT2D eigenvalue weighted by molar-refractivity contribution is 5.86. The molecular formula is C18H34N4O. The van der Waals surface area contributed by atoms with E-state index in [0.29, 0.717) is 5.92 Å². The maximum atomic E-state index is 12.6. The molecule has 5 nitrogen and oxygen atoms in total. The van der Waals surface area contributed by atoms with Gasteiger partial charge in [-0.1, -0.05) is 0 Å². The molecule has 2 aliphatic heterocycles. The van der Waals surface area contributed by atoms with Gasteiger partial charge in [0.25, 0.3) is 0 Å². The van der Waals surface area contributed by atoms with E-state index in [4.69, 9.17) is 5.73 Å². The highest BCUT2D eigenvalue weighted by atomic mass is 16.2. The molecule has 23 heavy (non-hydrogen) atoms. The molecule has 2 saturated heterocycles. The first kappa shape index (κ1) is 17.2. The minimum absolute atomic E-state index is 0.168. The molecule has 3 fully saturated rings. The van der Waals surface area contributed by atoms with Crippen LogP contribution in [0.2, 0.25) is 0 Å². The maximum Gasteiger partial charge on any atom is 0.242 e. The molecule has 3 rings (SSSR count). The van der Waals surface area contributed by atoms with Crippen LogP contribution in [0.3, 0.4) is 0 Å². The summed E-state index contributed by atoms with van der Waals surface area (Å²) in [7, 11) is 0. The molecule has 1 amide bonds. The van der Waals surface area contributed by atoms with Crippen molar-refractivity contribution in [3.8, 4) is 0 Å². The van der Waals surface area contributed by atoms with E-state index >= 15 is 0 Å². The summed E-state index contributed by atoms with van der Waals surface area (Å²) in [5, 5.41) is 0. The van der Waals surface area contributed by atoms with Gasteiger partial charge in [0, 0.05) is 51.4 Å². The summed E-state index contributed by atoms with van der Waals surface area (Å²) in [6.07, 6.45) is 4.90. The molecule has 132 valence electrons. The van der Waals surface area contributed by atoms with Gasteiger partial charge in [0.15, 0.2) is 0 Å². The van der Waals surface area contributed by atoms with Crippen LogP contribution >= 0.6 is 0 Å². The van der Waals surface area contributed by atoms with Gasteiger partial charge < -0.3 is 10.6 Å². The van der Waals surface area contributed by atoms with Gasteiger partial charge in [-0.2, -0.15) is 0 Å². The molecule has 0 radical (unpaired) electrons. The Labute approximate surface area is 141 Å². The number of amides is 1. The minimum Gasteiger partial charge on any atom is -0.339 e. The molecule has 0 aromatic carbocycles. The van der Waals surface area contributed by atoms with Crippen LogP contribution in [0.4, 0.5) is 0 Å². The van der Waals surface area contributed by atoms with E-state index in [0.717, 1.165) is 64.2 Å². The number of nitrogens with zero attached hydrogens (tertiary/aromatic N) is 3. The Hall–Kier alpha value is -0.650. The lowest BCUT2D eigenvalue weighted by atomic mass is 9.95. The van der Waals surface area contributed by atoms with Crippen molar-refractivity contribution in [3.63, 3.8) is 0 Å². The third-order valence-corrected chi connectivity index (χ3v) is 6.35. The maximum absolute atomic E-state index is 12.6. The van der Waals surface area contributed by atoms with E-state index in [9.17, 15) is 4.79 Å². The highest BCUT2D eigenvalue weighted by Gasteiger charge is 2.46. The first-order chi connectivity index (χ1) is 10.9. The van der Waals surface area contributed by atoms with Crippen LogP contribution in [0.15, 0.2) is 0 Å². The first-order valence-corrected chi connectivity index (χ1v) is 9.46. The Kier molecular flexibility index (Phi) is 5.00. The molecule has 0 spiro atoms. The normalized spacial score (nSPS) is 33.0. The molecule has 0 bridgehead atoms. The highest BCUT2D eigenvalue weighted by Crippen LogP contribution is 2.39. The van der Waals surface area contributed by atoms with Crippen LogP contribution in [0.25, 0.3) is 0 Å². The largest absolute Gasteiger partial charge is 0.339 e. The van der Waals surface area contributed by atoms with Gasteiger partial charge in [0.05, 0.1) is 5.54 Å². The van der Waals surface area contributed by atoms with E-state index in [-0.39, 0.29) is 5.91 Å². The lowest BCUT2D eigenvalue weighted by molar-refractivity contribution is -0.139. The smallest absolute Gasteiger partial charge is 0.242 e. The van der Waals surface area contributed by atoms with Crippen molar-refractivity contribution < 1.29 is 4.79 Å². The standard InChI is InChI=1S/C18H34N4O/c1-14-4-5-15(2)22(14)13-10-20-8-11-21(12-9-20)17(23)18(3,19)16-6-7-16/h14-16H,4-13,19H2,1-3H3. The Morgan fingerprint density at radius 3 is 2.09 bits per heavy atom. The van der Waals surface area contributed by atoms with Crippen LogP contribution < -0.4 is 5.73 Å². The van der Waals surface area contributed by atoms with Gasteiger partial charge >= 0.3 is 0 Å². The lowest BCUT2D eigenvalue weighted by Gasteiger charge is -2.39. The van der Waals surface area contributed by atoms with Gasteiger partial charge in [-0.05, 0) is 52.4 Å². The average molecular weight is 322 g/mol. The SMILES string of the molecule is CC1CCC(C)N1CCN1CCN(C(=O)C(C)(N)C2CC2)CC1. The number of hydrogen-bond donors (Lipinski definition) is 1. The zero-order chi connectivity index (χ0) is 16.6. The number of carbonyl (C=O) groups is 1. The minimum atomic E-state index is -0.636. The molecule has 3 unspecified atom stereocenters. The predicted octanol–water partition coefficient (Wildman–Crippen LogP) is 1.13. The van der Waals surface area contributed by atoms with Crippen LogP contribution in [-0.2, 0) is 4.79 Å². The second-order valence-corrected chi connectivity index (χ2v) is 8.20. The van der Waals surface area contributed by atoms with Crippen molar-refractivity contribution in [2.75, 3.05) is 39.3 Å².